The number of fused-ring (bicyclic) bond motifs is 2. The van der Waals surface area contributed by atoms with Crippen LogP contribution in [0.1, 0.15) is 5.56 Å². The topological polar surface area (TPSA) is 77.5 Å². The van der Waals surface area contributed by atoms with E-state index in [1.165, 1.54) is 0 Å². The van der Waals surface area contributed by atoms with Gasteiger partial charge in [0, 0.05) is 23.5 Å². The number of nitrogens with one attached hydrogen (secondary N) is 1. The van der Waals surface area contributed by atoms with Gasteiger partial charge in [0.15, 0.2) is 11.5 Å². The number of amides is 2. The van der Waals surface area contributed by atoms with Crippen LogP contribution in [0.25, 0.3) is 39.1 Å². The van der Waals surface area contributed by atoms with Crippen molar-refractivity contribution in [1.82, 2.24) is 10.3 Å². The fourth-order valence-corrected chi connectivity index (χ4v) is 4.70. The van der Waals surface area contributed by atoms with E-state index in [0.29, 0.717) is 4.91 Å². The molecule has 0 spiro atoms. The van der Waals surface area contributed by atoms with E-state index in [0.717, 1.165) is 61.9 Å². The fraction of sp³-hybridized carbons (Fsp3) is 0.0385. The second kappa shape index (κ2) is 7.79. The molecule has 2 aliphatic heterocycles. The van der Waals surface area contributed by atoms with Gasteiger partial charge in [-0.1, -0.05) is 30.3 Å². The second-order valence-corrected chi connectivity index (χ2v) is 8.69. The van der Waals surface area contributed by atoms with E-state index in [9.17, 15) is 9.59 Å². The number of aromatic nitrogens is 1. The molecule has 1 saturated heterocycles. The molecule has 2 aliphatic rings. The van der Waals surface area contributed by atoms with E-state index in [2.05, 4.69) is 28.5 Å². The SMILES string of the molecule is O=C1NC(=O)/C(=C/c2ccc3cc(-c4cc5c(c(-c6cccnc6)c4)OCO5)ccc3c2)S1. The van der Waals surface area contributed by atoms with Crippen LogP contribution >= 0.6 is 11.8 Å². The molecule has 1 fully saturated rings. The van der Waals surface area contributed by atoms with Crippen LogP contribution in [0.5, 0.6) is 11.5 Å². The Hall–Kier alpha value is -4.10. The summed E-state index contributed by atoms with van der Waals surface area (Å²) >= 11 is 0.918. The number of thioether (sulfide) groups is 1. The summed E-state index contributed by atoms with van der Waals surface area (Å²) in [7, 11) is 0. The first-order chi connectivity index (χ1) is 16.1. The molecule has 4 aromatic rings. The summed E-state index contributed by atoms with van der Waals surface area (Å²) in [6.45, 7) is 0.198. The van der Waals surface area contributed by atoms with Gasteiger partial charge in [-0.25, -0.2) is 0 Å². The predicted molar refractivity (Wildman–Crippen MR) is 128 cm³/mol. The van der Waals surface area contributed by atoms with Crippen LogP contribution in [0.15, 0.2) is 78.0 Å². The Morgan fingerprint density at radius 2 is 1.79 bits per heavy atom. The summed E-state index contributed by atoms with van der Waals surface area (Å²) in [5.41, 5.74) is 4.84. The van der Waals surface area contributed by atoms with Gasteiger partial charge in [0.05, 0.1) is 4.91 Å². The Morgan fingerprint density at radius 3 is 2.61 bits per heavy atom. The quantitative estimate of drug-likeness (QED) is 0.407. The lowest BCUT2D eigenvalue weighted by molar-refractivity contribution is -0.115. The minimum atomic E-state index is -0.354. The maximum atomic E-state index is 11.8. The average Bonchev–Trinajstić information content (AvgIpc) is 3.44. The normalized spacial score (nSPS) is 15.9. The van der Waals surface area contributed by atoms with Crippen LogP contribution in [-0.2, 0) is 4.79 Å². The van der Waals surface area contributed by atoms with Gasteiger partial charge >= 0.3 is 0 Å². The molecule has 0 aliphatic carbocycles. The largest absolute Gasteiger partial charge is 0.454 e. The summed E-state index contributed by atoms with van der Waals surface area (Å²) in [5, 5.41) is 4.04. The van der Waals surface area contributed by atoms with E-state index in [4.69, 9.17) is 9.47 Å². The summed E-state index contributed by atoms with van der Waals surface area (Å²) in [5.74, 6) is 1.10. The van der Waals surface area contributed by atoms with E-state index < -0.39 is 0 Å². The van der Waals surface area contributed by atoms with Gasteiger partial charge in [-0.15, -0.1) is 0 Å². The van der Waals surface area contributed by atoms with Crippen LogP contribution in [0.4, 0.5) is 4.79 Å². The third-order valence-electron chi connectivity index (χ3n) is 5.58. The number of carbonyl (C=O) groups is 2. The first-order valence-electron chi connectivity index (χ1n) is 10.3. The van der Waals surface area contributed by atoms with Crippen molar-refractivity contribution in [2.45, 2.75) is 0 Å². The van der Waals surface area contributed by atoms with E-state index in [-0.39, 0.29) is 17.9 Å². The van der Waals surface area contributed by atoms with Crippen LogP contribution < -0.4 is 14.8 Å². The van der Waals surface area contributed by atoms with Crippen LogP contribution in [0.2, 0.25) is 0 Å². The molecule has 7 heteroatoms. The number of imide groups is 1. The third-order valence-corrected chi connectivity index (χ3v) is 6.39. The Labute approximate surface area is 193 Å². The smallest absolute Gasteiger partial charge is 0.290 e. The van der Waals surface area contributed by atoms with Crippen LogP contribution in [0, 0.1) is 0 Å². The molecule has 0 bridgehead atoms. The number of ether oxygens (including phenoxy) is 2. The minimum Gasteiger partial charge on any atom is -0.454 e. The lowest BCUT2D eigenvalue weighted by atomic mass is 9.96. The number of benzene rings is 3. The molecule has 6 rings (SSSR count). The van der Waals surface area contributed by atoms with Crippen molar-refractivity contribution >= 4 is 39.8 Å². The van der Waals surface area contributed by atoms with Crippen molar-refractivity contribution in [2.75, 3.05) is 6.79 Å². The first-order valence-corrected chi connectivity index (χ1v) is 11.1. The second-order valence-electron chi connectivity index (χ2n) is 7.67. The lowest BCUT2D eigenvalue weighted by Crippen LogP contribution is -2.17. The van der Waals surface area contributed by atoms with Crippen molar-refractivity contribution in [1.29, 1.82) is 0 Å². The molecule has 0 radical (unpaired) electrons. The molecular weight excluding hydrogens is 436 g/mol. The third kappa shape index (κ3) is 3.62. The zero-order valence-electron chi connectivity index (χ0n) is 17.2. The Morgan fingerprint density at radius 1 is 0.909 bits per heavy atom. The number of carbonyl (C=O) groups excluding carboxylic acids is 2. The predicted octanol–water partition coefficient (Wildman–Crippen LogP) is 5.62. The molecule has 0 atom stereocenters. The van der Waals surface area contributed by atoms with Crippen molar-refractivity contribution in [2.24, 2.45) is 0 Å². The van der Waals surface area contributed by atoms with E-state index in [1.807, 2.05) is 48.7 Å². The molecular formula is C26H16N2O4S. The molecule has 2 amide bonds. The van der Waals surface area contributed by atoms with Gasteiger partial charge in [0.25, 0.3) is 11.1 Å². The van der Waals surface area contributed by atoms with E-state index >= 15 is 0 Å². The van der Waals surface area contributed by atoms with Crippen LogP contribution in [-0.4, -0.2) is 22.9 Å². The molecule has 3 heterocycles. The van der Waals surface area contributed by atoms with Crippen molar-refractivity contribution in [3.63, 3.8) is 0 Å². The Balaban J connectivity index is 1.39. The Kier molecular flexibility index (Phi) is 4.62. The average molecular weight is 452 g/mol. The maximum Gasteiger partial charge on any atom is 0.290 e. The van der Waals surface area contributed by atoms with Gasteiger partial charge in [-0.2, -0.15) is 0 Å². The summed E-state index contributed by atoms with van der Waals surface area (Å²) < 4.78 is 11.4. The van der Waals surface area contributed by atoms with Crippen molar-refractivity contribution in [3.8, 4) is 33.8 Å². The fourth-order valence-electron chi connectivity index (χ4n) is 4.02. The van der Waals surface area contributed by atoms with Gasteiger partial charge in [0.2, 0.25) is 6.79 Å². The number of rotatable bonds is 3. The first kappa shape index (κ1) is 19.6. The van der Waals surface area contributed by atoms with Gasteiger partial charge in [-0.05, 0) is 75.6 Å². The standard InChI is InChI=1S/C26H16N2O4S/c29-25-23(33-26(30)28-25)9-15-3-4-17-10-18(6-5-16(17)8-15)20-11-21(19-2-1-7-27-13-19)24-22(12-20)31-14-32-24/h1-13H,14H2,(H,28,29,30)/b23-9-. The molecule has 3 aromatic carbocycles. The van der Waals surface area contributed by atoms with Gasteiger partial charge in [-0.3, -0.25) is 19.9 Å². The maximum absolute atomic E-state index is 11.8. The van der Waals surface area contributed by atoms with Crippen LogP contribution in [0.3, 0.4) is 0 Å². The monoisotopic (exact) mass is 452 g/mol. The zero-order valence-corrected chi connectivity index (χ0v) is 18.0. The van der Waals surface area contributed by atoms with Gasteiger partial charge in [0.1, 0.15) is 0 Å². The zero-order chi connectivity index (χ0) is 22.4. The highest BCUT2D eigenvalue weighted by atomic mass is 32.2. The highest BCUT2D eigenvalue weighted by Gasteiger charge is 2.25. The minimum absolute atomic E-state index is 0.198. The molecule has 160 valence electrons. The van der Waals surface area contributed by atoms with Crippen molar-refractivity contribution in [3.05, 3.63) is 83.5 Å². The molecule has 1 aromatic heterocycles. The molecule has 0 unspecified atom stereocenters. The Bertz CT molecular complexity index is 1480. The lowest BCUT2D eigenvalue weighted by Gasteiger charge is -2.11. The number of nitrogens with zero attached hydrogens (tertiary/aromatic N) is 1. The molecule has 6 nitrogen and oxygen atoms in total. The summed E-state index contributed by atoms with van der Waals surface area (Å²) in [4.78, 5) is 27.9. The highest BCUT2D eigenvalue weighted by molar-refractivity contribution is 8.18. The number of hydrogen-bond donors (Lipinski definition) is 1. The highest BCUT2D eigenvalue weighted by Crippen LogP contribution is 2.44. The number of pyridine rings is 1. The molecule has 1 N–H and O–H groups in total. The van der Waals surface area contributed by atoms with Gasteiger partial charge < -0.3 is 9.47 Å². The summed E-state index contributed by atoms with van der Waals surface area (Å²) in [6.07, 6.45) is 5.29. The van der Waals surface area contributed by atoms with Crippen molar-refractivity contribution < 1.29 is 19.1 Å². The number of hydrogen-bond acceptors (Lipinski definition) is 6. The summed E-state index contributed by atoms with van der Waals surface area (Å²) in [6, 6.07) is 20.2. The molecule has 0 saturated carbocycles. The molecule has 33 heavy (non-hydrogen) atoms. The van der Waals surface area contributed by atoms with E-state index in [1.54, 1.807) is 12.3 Å².